The largest absolute Gasteiger partial charge is 0.457 e. The molecule has 1 aliphatic heterocycles. The number of nitrogen functional groups attached to an aromatic ring is 1. The Labute approximate surface area is 227 Å². The fraction of sp³-hybridized carbons (Fsp3) is 0.156. The molecule has 3 amide bonds. The molecule has 5 rings (SSSR count). The van der Waals surface area contributed by atoms with Crippen molar-refractivity contribution in [2.75, 3.05) is 10.6 Å². The van der Waals surface area contributed by atoms with Crippen LogP contribution < -0.4 is 20.7 Å². The number of rotatable bonds is 6. The summed E-state index contributed by atoms with van der Waals surface area (Å²) in [5, 5.41) is 2.76. The lowest BCUT2D eigenvalue weighted by molar-refractivity contribution is -0.131. The first-order chi connectivity index (χ1) is 18.8. The lowest BCUT2D eigenvalue weighted by Gasteiger charge is -2.26. The molecule has 39 heavy (non-hydrogen) atoms. The second kappa shape index (κ2) is 10.8. The molecule has 0 bridgehead atoms. The van der Waals surface area contributed by atoms with E-state index in [0.717, 1.165) is 27.3 Å². The molecule has 4 aromatic rings. The molecule has 0 saturated heterocycles. The number of hydrogen-bond donors (Lipinski definition) is 2. The molecule has 3 N–H and O–H groups in total. The molecule has 0 aliphatic carbocycles. The number of imide groups is 1. The van der Waals surface area contributed by atoms with Gasteiger partial charge in [-0.2, -0.15) is 0 Å². The smallest absolute Gasteiger partial charge is 0.256 e. The predicted octanol–water partition coefficient (Wildman–Crippen LogP) is 5.45. The number of hydrogen-bond acceptors (Lipinski definition) is 5. The lowest BCUT2D eigenvalue weighted by atomic mass is 9.92. The van der Waals surface area contributed by atoms with Gasteiger partial charge >= 0.3 is 0 Å². The van der Waals surface area contributed by atoms with Crippen molar-refractivity contribution in [1.82, 2.24) is 5.32 Å². The molecule has 4 aromatic carbocycles. The van der Waals surface area contributed by atoms with E-state index in [1.165, 1.54) is 0 Å². The van der Waals surface area contributed by atoms with Gasteiger partial charge < -0.3 is 15.8 Å². The lowest BCUT2D eigenvalue weighted by Crippen LogP contribution is -2.50. The summed E-state index contributed by atoms with van der Waals surface area (Å²) in [6, 6.07) is 28.4. The molecule has 196 valence electrons. The molecule has 2 atom stereocenters. The van der Waals surface area contributed by atoms with Crippen molar-refractivity contribution >= 4 is 29.1 Å². The van der Waals surface area contributed by atoms with Crippen LogP contribution in [0.1, 0.15) is 30.9 Å². The third-order valence-corrected chi connectivity index (χ3v) is 6.84. The Kier molecular flexibility index (Phi) is 7.14. The third-order valence-electron chi connectivity index (χ3n) is 6.84. The quantitative estimate of drug-likeness (QED) is 0.330. The van der Waals surface area contributed by atoms with E-state index in [1.54, 1.807) is 56.3 Å². The highest BCUT2D eigenvalue weighted by Crippen LogP contribution is 2.44. The first-order valence-electron chi connectivity index (χ1n) is 12.8. The predicted molar refractivity (Wildman–Crippen MR) is 151 cm³/mol. The minimum atomic E-state index is -0.940. The Morgan fingerprint density at radius 3 is 2.31 bits per heavy atom. The van der Waals surface area contributed by atoms with Gasteiger partial charge in [0.05, 0.1) is 18.0 Å². The number of nitrogens with two attached hydrogens (primary N) is 1. The average Bonchev–Trinajstić information content (AvgIpc) is 3.03. The molecule has 1 aliphatic rings. The van der Waals surface area contributed by atoms with Crippen LogP contribution in [0, 0.1) is 0 Å². The topological polar surface area (TPSA) is 102 Å². The van der Waals surface area contributed by atoms with Crippen LogP contribution in [0.3, 0.4) is 0 Å². The number of anilines is 2. The maximum Gasteiger partial charge on any atom is 0.256 e. The zero-order valence-electron chi connectivity index (χ0n) is 21.8. The van der Waals surface area contributed by atoms with Crippen molar-refractivity contribution in [2.45, 2.75) is 32.2 Å². The monoisotopic (exact) mass is 519 g/mol. The van der Waals surface area contributed by atoms with Gasteiger partial charge in [-0.25, -0.2) is 4.90 Å². The number of carbonyl (C=O) groups excluding carboxylic acids is 3. The van der Waals surface area contributed by atoms with E-state index in [9.17, 15) is 14.4 Å². The van der Waals surface area contributed by atoms with Crippen LogP contribution in [0.15, 0.2) is 97.1 Å². The summed E-state index contributed by atoms with van der Waals surface area (Å²) in [5.41, 5.74) is 10.2. The Morgan fingerprint density at radius 2 is 1.56 bits per heavy atom. The fourth-order valence-corrected chi connectivity index (χ4v) is 4.85. The Hall–Kier alpha value is -4.91. The summed E-state index contributed by atoms with van der Waals surface area (Å²) < 4.78 is 5.80. The maximum absolute atomic E-state index is 13.7. The van der Waals surface area contributed by atoms with Crippen LogP contribution in [0.4, 0.5) is 11.4 Å². The van der Waals surface area contributed by atoms with Gasteiger partial charge in [-0.15, -0.1) is 0 Å². The molecule has 7 nitrogen and oxygen atoms in total. The summed E-state index contributed by atoms with van der Waals surface area (Å²) in [6.45, 7) is 3.36. The summed E-state index contributed by atoms with van der Waals surface area (Å²) in [7, 11) is 0. The van der Waals surface area contributed by atoms with Crippen molar-refractivity contribution in [3.63, 3.8) is 0 Å². The summed E-state index contributed by atoms with van der Waals surface area (Å²) >= 11 is 0. The molecular weight excluding hydrogens is 490 g/mol. The summed E-state index contributed by atoms with van der Waals surface area (Å²) in [6.07, 6.45) is 0.0720. The molecule has 0 radical (unpaired) electrons. The van der Waals surface area contributed by atoms with E-state index in [0.29, 0.717) is 22.7 Å². The van der Waals surface area contributed by atoms with Crippen LogP contribution in [0.5, 0.6) is 11.5 Å². The highest BCUT2D eigenvalue weighted by Gasteiger charge is 2.37. The van der Waals surface area contributed by atoms with Crippen LogP contribution in [-0.4, -0.2) is 23.8 Å². The van der Waals surface area contributed by atoms with E-state index >= 15 is 0 Å². The molecule has 0 aromatic heterocycles. The number of nitrogens with zero attached hydrogens (tertiary/aromatic N) is 1. The minimum Gasteiger partial charge on any atom is -0.457 e. The second-order valence-electron chi connectivity index (χ2n) is 9.59. The Bertz CT molecular complexity index is 1530. The highest BCUT2D eigenvalue weighted by atomic mass is 16.5. The van der Waals surface area contributed by atoms with Crippen molar-refractivity contribution in [2.24, 2.45) is 0 Å². The van der Waals surface area contributed by atoms with Crippen LogP contribution in [0.2, 0.25) is 0 Å². The van der Waals surface area contributed by atoms with Gasteiger partial charge in [0, 0.05) is 11.3 Å². The van der Waals surface area contributed by atoms with Crippen LogP contribution in [0.25, 0.3) is 11.1 Å². The van der Waals surface area contributed by atoms with Gasteiger partial charge in [0.2, 0.25) is 11.8 Å². The number of fused-ring (bicyclic) bond motifs is 3. The average molecular weight is 520 g/mol. The molecule has 0 spiro atoms. The van der Waals surface area contributed by atoms with Gasteiger partial charge in [-0.05, 0) is 66.9 Å². The fourth-order valence-electron chi connectivity index (χ4n) is 4.85. The summed E-state index contributed by atoms with van der Waals surface area (Å²) in [5.74, 6) is -0.422. The molecule has 1 heterocycles. The van der Waals surface area contributed by atoms with Crippen molar-refractivity contribution in [3.8, 4) is 22.6 Å². The molecule has 0 saturated carbocycles. The van der Waals surface area contributed by atoms with E-state index in [-0.39, 0.29) is 18.2 Å². The van der Waals surface area contributed by atoms with E-state index in [2.05, 4.69) is 5.32 Å². The number of nitrogens with one attached hydrogen (secondary N) is 1. The molecule has 7 heteroatoms. The Balaban J connectivity index is 1.31. The third kappa shape index (κ3) is 5.25. The van der Waals surface area contributed by atoms with Crippen molar-refractivity contribution in [1.29, 1.82) is 0 Å². The molecular formula is C32H29N3O4. The number of benzene rings is 4. The number of para-hydroxylation sites is 1. The van der Waals surface area contributed by atoms with Gasteiger partial charge in [0.25, 0.3) is 5.91 Å². The van der Waals surface area contributed by atoms with Crippen molar-refractivity contribution < 1.29 is 19.1 Å². The number of ether oxygens (including phenoxy) is 1. The SMILES string of the molecule is CC1C(=O)N(C(=O)[C@H](C)NC(=O)Cc2ccc(Oc3ccccc3)cc2)c2cccc(N)c2-c2ccccc21. The van der Waals surface area contributed by atoms with Crippen LogP contribution >= 0.6 is 0 Å². The first kappa shape index (κ1) is 25.7. The van der Waals surface area contributed by atoms with E-state index in [4.69, 9.17) is 10.5 Å². The first-order valence-corrected chi connectivity index (χ1v) is 12.8. The van der Waals surface area contributed by atoms with Crippen molar-refractivity contribution in [3.05, 3.63) is 108 Å². The van der Waals surface area contributed by atoms with E-state index in [1.807, 2.05) is 54.6 Å². The van der Waals surface area contributed by atoms with Gasteiger partial charge in [0.15, 0.2) is 0 Å². The maximum atomic E-state index is 13.7. The molecule has 0 fully saturated rings. The van der Waals surface area contributed by atoms with Gasteiger partial charge in [0.1, 0.15) is 17.5 Å². The standard InChI is InChI=1S/C32H29N3O4/c1-20-25-11-6-7-12-26(25)30-27(33)13-8-14-28(30)35(31(20)37)32(38)21(2)34-29(36)19-22-15-17-24(18-16-22)39-23-9-4-3-5-10-23/h3-18,20-21H,19,33H2,1-2H3,(H,34,36)/t20?,21-/m0/s1. The molecule has 1 unspecified atom stereocenters. The van der Waals surface area contributed by atoms with Gasteiger partial charge in [-0.3, -0.25) is 14.4 Å². The Morgan fingerprint density at radius 1 is 0.897 bits per heavy atom. The van der Waals surface area contributed by atoms with Crippen LogP contribution in [-0.2, 0) is 20.8 Å². The number of amides is 3. The summed E-state index contributed by atoms with van der Waals surface area (Å²) in [4.78, 5) is 41.3. The second-order valence-corrected chi connectivity index (χ2v) is 9.59. The highest BCUT2D eigenvalue weighted by molar-refractivity contribution is 6.22. The van der Waals surface area contributed by atoms with Gasteiger partial charge in [-0.1, -0.05) is 60.7 Å². The normalized spacial score (nSPS) is 15.0. The number of carbonyl (C=O) groups is 3. The zero-order valence-corrected chi connectivity index (χ0v) is 21.8. The van der Waals surface area contributed by atoms with E-state index < -0.39 is 17.9 Å². The minimum absolute atomic E-state index is 0.0720. The zero-order chi connectivity index (χ0) is 27.5.